The van der Waals surface area contributed by atoms with Gasteiger partial charge in [0.1, 0.15) is 12.3 Å². The van der Waals surface area contributed by atoms with Crippen molar-refractivity contribution in [3.63, 3.8) is 0 Å². The molecule has 6 nitrogen and oxygen atoms in total. The quantitative estimate of drug-likeness (QED) is 0.650. The van der Waals surface area contributed by atoms with Crippen molar-refractivity contribution in [2.45, 2.75) is 38.1 Å². The van der Waals surface area contributed by atoms with E-state index in [2.05, 4.69) is 5.32 Å². The number of imide groups is 1. The Hall–Kier alpha value is -2.50. The van der Waals surface area contributed by atoms with Crippen molar-refractivity contribution in [2.24, 2.45) is 0 Å². The summed E-state index contributed by atoms with van der Waals surface area (Å²) in [5, 5.41) is 2.27. The van der Waals surface area contributed by atoms with Crippen molar-refractivity contribution in [2.75, 3.05) is 4.90 Å². The van der Waals surface area contributed by atoms with E-state index in [9.17, 15) is 19.2 Å². The van der Waals surface area contributed by atoms with Crippen LogP contribution in [0.1, 0.15) is 42.6 Å². The molecule has 1 N–H and O–H groups in total. The standard InChI is InChI=1S/C16H16N2O4/c1-16(2)10-4-3-9(8-19)7-12(10)18(15(16)22)11-5-6-13(20)17-14(11)21/h3-4,7-8,11H,5-6H2,1-2H3,(H,17,20,21). The van der Waals surface area contributed by atoms with Crippen LogP contribution < -0.4 is 10.2 Å². The van der Waals surface area contributed by atoms with E-state index in [4.69, 9.17) is 0 Å². The van der Waals surface area contributed by atoms with E-state index in [0.29, 0.717) is 17.5 Å². The predicted molar refractivity (Wildman–Crippen MR) is 78.5 cm³/mol. The minimum Gasteiger partial charge on any atom is -0.299 e. The zero-order valence-electron chi connectivity index (χ0n) is 12.4. The summed E-state index contributed by atoms with van der Waals surface area (Å²) in [6.45, 7) is 3.58. The van der Waals surface area contributed by atoms with Crippen molar-refractivity contribution in [1.82, 2.24) is 5.32 Å². The highest BCUT2D eigenvalue weighted by Gasteiger charge is 2.48. The molecule has 2 aliphatic heterocycles. The molecule has 0 saturated carbocycles. The van der Waals surface area contributed by atoms with Crippen LogP contribution in [0.4, 0.5) is 5.69 Å². The SMILES string of the molecule is CC1(C)C(=O)N(C2CCC(=O)NC2=O)c2cc(C=O)ccc21. The third kappa shape index (κ3) is 1.94. The maximum atomic E-state index is 12.8. The molecule has 0 aliphatic carbocycles. The van der Waals surface area contributed by atoms with Gasteiger partial charge in [0.25, 0.3) is 0 Å². The average molecular weight is 300 g/mol. The molecule has 1 saturated heterocycles. The molecule has 3 amide bonds. The van der Waals surface area contributed by atoms with Gasteiger partial charge in [-0.25, -0.2) is 0 Å². The molecule has 0 aromatic heterocycles. The fourth-order valence-electron chi connectivity index (χ4n) is 3.11. The maximum Gasteiger partial charge on any atom is 0.249 e. The number of amides is 3. The summed E-state index contributed by atoms with van der Waals surface area (Å²) in [6.07, 6.45) is 1.19. The van der Waals surface area contributed by atoms with Crippen molar-refractivity contribution in [3.05, 3.63) is 29.3 Å². The van der Waals surface area contributed by atoms with Gasteiger partial charge in [0.05, 0.1) is 5.41 Å². The second kappa shape index (κ2) is 4.76. The van der Waals surface area contributed by atoms with E-state index in [0.717, 1.165) is 5.56 Å². The zero-order valence-corrected chi connectivity index (χ0v) is 12.4. The highest BCUT2D eigenvalue weighted by Crippen LogP contribution is 2.43. The summed E-state index contributed by atoms with van der Waals surface area (Å²) in [6, 6.07) is 4.32. The lowest BCUT2D eigenvalue weighted by Crippen LogP contribution is -2.55. The topological polar surface area (TPSA) is 83.6 Å². The van der Waals surface area contributed by atoms with Crippen molar-refractivity contribution >= 4 is 29.7 Å². The minimum atomic E-state index is -0.765. The van der Waals surface area contributed by atoms with Crippen molar-refractivity contribution < 1.29 is 19.2 Å². The third-order valence-electron chi connectivity index (χ3n) is 4.37. The first-order valence-electron chi connectivity index (χ1n) is 7.13. The van der Waals surface area contributed by atoms with Crippen LogP contribution in [0, 0.1) is 0 Å². The highest BCUT2D eigenvalue weighted by molar-refractivity contribution is 6.14. The first-order valence-corrected chi connectivity index (χ1v) is 7.13. The second-order valence-corrected chi connectivity index (χ2v) is 6.16. The molecule has 0 bridgehead atoms. The number of piperidine rings is 1. The van der Waals surface area contributed by atoms with Crippen LogP contribution in [0.25, 0.3) is 0 Å². The van der Waals surface area contributed by atoms with Crippen LogP contribution in [0.15, 0.2) is 18.2 Å². The lowest BCUT2D eigenvalue weighted by molar-refractivity contribution is -0.136. The fraction of sp³-hybridized carbons (Fsp3) is 0.375. The Balaban J connectivity index is 2.09. The molecule has 6 heteroatoms. The number of rotatable bonds is 2. The van der Waals surface area contributed by atoms with Crippen LogP contribution in [0.2, 0.25) is 0 Å². The van der Waals surface area contributed by atoms with Gasteiger partial charge in [0, 0.05) is 17.7 Å². The normalized spacial score (nSPS) is 23.3. The number of hydrogen-bond donors (Lipinski definition) is 1. The molecule has 3 rings (SSSR count). The molecule has 2 aliphatic rings. The van der Waals surface area contributed by atoms with Gasteiger partial charge in [0.15, 0.2) is 0 Å². The second-order valence-electron chi connectivity index (χ2n) is 6.16. The highest BCUT2D eigenvalue weighted by atomic mass is 16.2. The Labute approximate surface area is 127 Å². The van der Waals surface area contributed by atoms with E-state index < -0.39 is 17.4 Å². The Kier molecular flexibility index (Phi) is 3.12. The van der Waals surface area contributed by atoms with E-state index in [1.807, 2.05) is 0 Å². The summed E-state index contributed by atoms with van der Waals surface area (Å²) in [5.74, 6) is -0.987. The van der Waals surface area contributed by atoms with Crippen LogP contribution in [0.3, 0.4) is 0 Å². The number of anilines is 1. The number of carbonyl (C=O) groups excluding carboxylic acids is 4. The number of carbonyl (C=O) groups is 4. The van der Waals surface area contributed by atoms with Crippen LogP contribution in [0.5, 0.6) is 0 Å². The van der Waals surface area contributed by atoms with Gasteiger partial charge in [-0.3, -0.25) is 29.4 Å². The first-order chi connectivity index (χ1) is 10.4. The minimum absolute atomic E-state index is 0.194. The number of nitrogens with one attached hydrogen (secondary N) is 1. The molecule has 114 valence electrons. The largest absolute Gasteiger partial charge is 0.299 e. The van der Waals surface area contributed by atoms with Crippen molar-refractivity contribution in [3.8, 4) is 0 Å². The van der Waals surface area contributed by atoms with Gasteiger partial charge in [-0.05, 0) is 31.9 Å². The molecular weight excluding hydrogens is 284 g/mol. The summed E-state index contributed by atoms with van der Waals surface area (Å²) in [7, 11) is 0. The van der Waals surface area contributed by atoms with Crippen LogP contribution in [-0.2, 0) is 19.8 Å². The van der Waals surface area contributed by atoms with Gasteiger partial charge < -0.3 is 0 Å². The number of hydrogen-bond acceptors (Lipinski definition) is 4. The Morgan fingerprint density at radius 1 is 1.27 bits per heavy atom. The molecule has 1 unspecified atom stereocenters. The smallest absolute Gasteiger partial charge is 0.249 e. The number of aldehydes is 1. The van der Waals surface area contributed by atoms with E-state index in [1.54, 1.807) is 32.0 Å². The lowest BCUT2D eigenvalue weighted by atomic mass is 9.86. The maximum absolute atomic E-state index is 12.8. The molecule has 1 aromatic rings. The van der Waals surface area contributed by atoms with Gasteiger partial charge >= 0.3 is 0 Å². The molecule has 1 aromatic carbocycles. The van der Waals surface area contributed by atoms with Crippen molar-refractivity contribution in [1.29, 1.82) is 0 Å². The molecule has 1 atom stereocenters. The molecule has 0 spiro atoms. The van der Waals surface area contributed by atoms with Crippen LogP contribution in [-0.4, -0.2) is 30.0 Å². The first kappa shape index (κ1) is 14.4. The molecule has 22 heavy (non-hydrogen) atoms. The predicted octanol–water partition coefficient (Wildman–Crippen LogP) is 0.928. The third-order valence-corrected chi connectivity index (χ3v) is 4.37. The van der Waals surface area contributed by atoms with E-state index >= 15 is 0 Å². The summed E-state index contributed by atoms with van der Waals surface area (Å²) in [5.41, 5.74) is 1.04. The Bertz CT molecular complexity index is 708. The number of benzene rings is 1. The zero-order chi connectivity index (χ0) is 16.1. The average Bonchev–Trinajstić information content (AvgIpc) is 2.67. The van der Waals surface area contributed by atoms with Gasteiger partial charge in [-0.2, -0.15) is 0 Å². The Morgan fingerprint density at radius 2 is 2.00 bits per heavy atom. The molecule has 2 heterocycles. The molecule has 1 fully saturated rings. The number of nitrogens with zero attached hydrogens (tertiary/aromatic N) is 1. The summed E-state index contributed by atoms with van der Waals surface area (Å²) >= 11 is 0. The molecule has 0 radical (unpaired) electrons. The van der Waals surface area contributed by atoms with Gasteiger partial charge in [-0.15, -0.1) is 0 Å². The van der Waals surface area contributed by atoms with Gasteiger partial charge in [-0.1, -0.05) is 12.1 Å². The van der Waals surface area contributed by atoms with E-state index in [-0.39, 0.29) is 24.7 Å². The summed E-state index contributed by atoms with van der Waals surface area (Å²) in [4.78, 5) is 48.7. The summed E-state index contributed by atoms with van der Waals surface area (Å²) < 4.78 is 0. The monoisotopic (exact) mass is 300 g/mol. The van der Waals surface area contributed by atoms with E-state index in [1.165, 1.54) is 4.90 Å². The Morgan fingerprint density at radius 3 is 2.64 bits per heavy atom. The molecular formula is C16H16N2O4. The fourth-order valence-corrected chi connectivity index (χ4v) is 3.11. The lowest BCUT2D eigenvalue weighted by Gasteiger charge is -2.31. The van der Waals surface area contributed by atoms with Gasteiger partial charge in [0.2, 0.25) is 17.7 Å². The van der Waals surface area contributed by atoms with Crippen LogP contribution >= 0.6 is 0 Å². The number of fused-ring (bicyclic) bond motifs is 1.